The van der Waals surface area contributed by atoms with Gasteiger partial charge >= 0.3 is 0 Å². The Morgan fingerprint density at radius 2 is 1.79 bits per heavy atom. The summed E-state index contributed by atoms with van der Waals surface area (Å²) in [5.74, 6) is 0.652. The van der Waals surface area contributed by atoms with E-state index in [0.717, 1.165) is 11.0 Å². The molecule has 1 N–H and O–H groups in total. The average Bonchev–Trinajstić information content (AvgIpc) is 2.83. The van der Waals surface area contributed by atoms with Gasteiger partial charge in [0.2, 0.25) is 6.29 Å². The van der Waals surface area contributed by atoms with E-state index in [9.17, 15) is 5.11 Å². The molecule has 4 heteroatoms. The monoisotopic (exact) mass is 254 g/mol. The molecule has 0 aliphatic carbocycles. The molecule has 0 aliphatic rings. The first-order chi connectivity index (χ1) is 9.33. The number of aliphatic hydroxyl groups excluding tert-OH is 1. The average molecular weight is 254 g/mol. The van der Waals surface area contributed by atoms with Gasteiger partial charge in [-0.15, -0.1) is 0 Å². The van der Waals surface area contributed by atoms with Crippen molar-refractivity contribution in [2.75, 3.05) is 0 Å². The van der Waals surface area contributed by atoms with Gasteiger partial charge in [0.15, 0.2) is 0 Å². The van der Waals surface area contributed by atoms with Gasteiger partial charge in [-0.05, 0) is 24.3 Å². The van der Waals surface area contributed by atoms with Crippen molar-refractivity contribution in [2.24, 2.45) is 0 Å². The van der Waals surface area contributed by atoms with Crippen molar-refractivity contribution >= 4 is 11.0 Å². The Hall–Kier alpha value is -2.33. The third-order valence-electron chi connectivity index (χ3n) is 2.90. The molecule has 19 heavy (non-hydrogen) atoms. The van der Waals surface area contributed by atoms with Gasteiger partial charge in [-0.25, -0.2) is 4.98 Å². The normalized spacial score (nSPS) is 12.5. The van der Waals surface area contributed by atoms with Crippen molar-refractivity contribution in [3.05, 3.63) is 60.9 Å². The zero-order chi connectivity index (χ0) is 13.1. The smallest absolute Gasteiger partial charge is 0.215 e. The van der Waals surface area contributed by atoms with Gasteiger partial charge in [-0.3, -0.25) is 0 Å². The third-order valence-corrected chi connectivity index (χ3v) is 2.90. The molecule has 0 spiro atoms. The number of aliphatic hydroxyl groups is 1. The quantitative estimate of drug-likeness (QED) is 0.727. The maximum atomic E-state index is 9.96. The number of imidazole rings is 1. The number of hydrogen-bond donors (Lipinski definition) is 1. The molecule has 3 rings (SSSR count). The van der Waals surface area contributed by atoms with Crippen molar-refractivity contribution in [2.45, 2.75) is 12.8 Å². The lowest BCUT2D eigenvalue weighted by Gasteiger charge is -2.14. The lowest BCUT2D eigenvalue weighted by molar-refractivity contribution is -0.0286. The molecule has 1 aromatic heterocycles. The van der Waals surface area contributed by atoms with Crippen molar-refractivity contribution in [1.29, 1.82) is 0 Å². The van der Waals surface area contributed by atoms with Crippen LogP contribution in [0.1, 0.15) is 0 Å². The number of nitrogens with zero attached hydrogens (tertiary/aromatic N) is 2. The zero-order valence-electron chi connectivity index (χ0n) is 10.3. The van der Waals surface area contributed by atoms with E-state index in [1.807, 2.05) is 59.2 Å². The standard InChI is InChI=1S/C15H14N2O2/c18-15(19-12-6-2-1-3-7-12)10-17-11-16-13-8-4-5-9-14(13)17/h1-9,11,15,18H,10H2. The van der Waals surface area contributed by atoms with Gasteiger partial charge in [-0.2, -0.15) is 0 Å². The van der Waals surface area contributed by atoms with E-state index in [-0.39, 0.29) is 0 Å². The topological polar surface area (TPSA) is 47.3 Å². The molecule has 2 aromatic carbocycles. The van der Waals surface area contributed by atoms with Crippen molar-refractivity contribution in [3.63, 3.8) is 0 Å². The fraction of sp³-hybridized carbons (Fsp3) is 0.133. The summed E-state index contributed by atoms with van der Waals surface area (Å²) in [6, 6.07) is 17.1. The Labute approximate surface area is 110 Å². The number of para-hydroxylation sites is 3. The Balaban J connectivity index is 1.74. The van der Waals surface area contributed by atoms with Crippen LogP contribution in [0, 0.1) is 0 Å². The molecular weight excluding hydrogens is 240 g/mol. The van der Waals surface area contributed by atoms with Crippen molar-refractivity contribution in [3.8, 4) is 5.75 Å². The summed E-state index contributed by atoms with van der Waals surface area (Å²) in [5.41, 5.74) is 1.90. The molecule has 1 heterocycles. The first kappa shape index (κ1) is 11.7. The molecule has 0 bridgehead atoms. The van der Waals surface area contributed by atoms with E-state index in [1.54, 1.807) is 6.33 Å². The van der Waals surface area contributed by atoms with Gasteiger partial charge < -0.3 is 14.4 Å². The van der Waals surface area contributed by atoms with E-state index in [0.29, 0.717) is 12.3 Å². The minimum atomic E-state index is -0.903. The third kappa shape index (κ3) is 2.58. The van der Waals surface area contributed by atoms with E-state index in [2.05, 4.69) is 4.98 Å². The molecule has 1 atom stereocenters. The second kappa shape index (κ2) is 5.12. The second-order valence-electron chi connectivity index (χ2n) is 4.27. The molecule has 0 amide bonds. The summed E-state index contributed by atoms with van der Waals surface area (Å²) >= 11 is 0. The molecule has 0 fully saturated rings. The molecule has 0 saturated carbocycles. The highest BCUT2D eigenvalue weighted by atomic mass is 16.6. The minimum absolute atomic E-state index is 0.343. The molecule has 3 aromatic rings. The van der Waals surface area contributed by atoms with Crippen LogP contribution in [0.15, 0.2) is 60.9 Å². The number of aromatic nitrogens is 2. The lowest BCUT2D eigenvalue weighted by Crippen LogP contribution is -2.22. The zero-order valence-corrected chi connectivity index (χ0v) is 10.3. The number of ether oxygens (including phenoxy) is 1. The number of rotatable bonds is 4. The highest BCUT2D eigenvalue weighted by Crippen LogP contribution is 2.14. The molecule has 0 saturated heterocycles. The van der Waals surface area contributed by atoms with Crippen LogP contribution in [0.4, 0.5) is 0 Å². The SMILES string of the molecule is OC(Cn1cnc2ccccc21)Oc1ccccc1. The van der Waals surface area contributed by atoms with Gasteiger partial charge in [-0.1, -0.05) is 30.3 Å². The van der Waals surface area contributed by atoms with Crippen LogP contribution in [-0.2, 0) is 6.54 Å². The highest BCUT2D eigenvalue weighted by molar-refractivity contribution is 5.74. The van der Waals surface area contributed by atoms with Crippen LogP contribution >= 0.6 is 0 Å². The fourth-order valence-electron chi connectivity index (χ4n) is 2.02. The lowest BCUT2D eigenvalue weighted by atomic mass is 10.3. The predicted octanol–water partition coefficient (Wildman–Crippen LogP) is 2.43. The van der Waals surface area contributed by atoms with E-state index in [4.69, 9.17) is 4.74 Å². The van der Waals surface area contributed by atoms with Gasteiger partial charge in [0.1, 0.15) is 5.75 Å². The van der Waals surface area contributed by atoms with Crippen LogP contribution in [0.25, 0.3) is 11.0 Å². The van der Waals surface area contributed by atoms with Crippen LogP contribution in [0.3, 0.4) is 0 Å². The number of benzene rings is 2. The van der Waals surface area contributed by atoms with Crippen molar-refractivity contribution in [1.82, 2.24) is 9.55 Å². The summed E-state index contributed by atoms with van der Waals surface area (Å²) in [5, 5.41) is 9.96. The van der Waals surface area contributed by atoms with E-state index in [1.165, 1.54) is 0 Å². The summed E-state index contributed by atoms with van der Waals surface area (Å²) < 4.78 is 7.32. The summed E-state index contributed by atoms with van der Waals surface area (Å²) in [7, 11) is 0. The first-order valence-corrected chi connectivity index (χ1v) is 6.12. The minimum Gasteiger partial charge on any atom is -0.463 e. The van der Waals surface area contributed by atoms with Crippen LogP contribution in [0.5, 0.6) is 5.75 Å². The van der Waals surface area contributed by atoms with Gasteiger partial charge in [0, 0.05) is 0 Å². The molecule has 0 radical (unpaired) electrons. The van der Waals surface area contributed by atoms with Crippen LogP contribution in [0.2, 0.25) is 0 Å². The first-order valence-electron chi connectivity index (χ1n) is 6.12. The molecular formula is C15H14N2O2. The van der Waals surface area contributed by atoms with Crippen LogP contribution in [-0.4, -0.2) is 20.9 Å². The van der Waals surface area contributed by atoms with Gasteiger partial charge in [0.25, 0.3) is 0 Å². The summed E-state index contributed by atoms with van der Waals surface area (Å²) in [4.78, 5) is 4.28. The molecule has 0 aliphatic heterocycles. The second-order valence-corrected chi connectivity index (χ2v) is 4.27. The maximum absolute atomic E-state index is 9.96. The van der Waals surface area contributed by atoms with E-state index < -0.39 is 6.29 Å². The maximum Gasteiger partial charge on any atom is 0.215 e. The Kier molecular flexibility index (Phi) is 3.16. The van der Waals surface area contributed by atoms with Crippen LogP contribution < -0.4 is 4.74 Å². The predicted molar refractivity (Wildman–Crippen MR) is 72.8 cm³/mol. The number of fused-ring (bicyclic) bond motifs is 1. The summed E-state index contributed by atoms with van der Waals surface area (Å²) in [6.07, 6.45) is 0.808. The Morgan fingerprint density at radius 1 is 1.05 bits per heavy atom. The van der Waals surface area contributed by atoms with Crippen molar-refractivity contribution < 1.29 is 9.84 Å². The summed E-state index contributed by atoms with van der Waals surface area (Å²) in [6.45, 7) is 0.343. The van der Waals surface area contributed by atoms with E-state index >= 15 is 0 Å². The molecule has 4 nitrogen and oxygen atoms in total. The molecule has 96 valence electrons. The Morgan fingerprint density at radius 3 is 2.63 bits per heavy atom. The Bertz CT molecular complexity index is 664. The largest absolute Gasteiger partial charge is 0.463 e. The molecule has 1 unspecified atom stereocenters. The van der Waals surface area contributed by atoms with Gasteiger partial charge in [0.05, 0.1) is 23.9 Å². The fourth-order valence-corrected chi connectivity index (χ4v) is 2.02. The highest BCUT2D eigenvalue weighted by Gasteiger charge is 2.09. The number of hydrogen-bond acceptors (Lipinski definition) is 3.